The van der Waals surface area contributed by atoms with Crippen LogP contribution in [-0.2, 0) is 6.54 Å². The number of nitrogens with one attached hydrogen (secondary N) is 2. The summed E-state index contributed by atoms with van der Waals surface area (Å²) in [6.07, 6.45) is 3.79. The predicted octanol–water partition coefficient (Wildman–Crippen LogP) is 4.33. The number of rotatable bonds is 3. The van der Waals surface area contributed by atoms with E-state index >= 15 is 0 Å². The zero-order valence-corrected chi connectivity index (χ0v) is 11.5. The molecule has 0 atom stereocenters. The monoisotopic (exact) mass is 273 g/mol. The summed E-state index contributed by atoms with van der Waals surface area (Å²) in [6, 6.07) is 18.9. The molecule has 0 saturated heterocycles. The summed E-state index contributed by atoms with van der Waals surface area (Å²) < 4.78 is 0. The molecule has 2 heterocycles. The smallest absolute Gasteiger partial charge is 0.0702 e. The van der Waals surface area contributed by atoms with E-state index in [-0.39, 0.29) is 0 Å². The Labute approximate surface area is 122 Å². The maximum atomic E-state index is 4.34. The van der Waals surface area contributed by atoms with Crippen LogP contribution in [0.4, 0.5) is 5.69 Å². The number of aromatic amines is 1. The fraction of sp³-hybridized carbons (Fsp3) is 0.0556. The molecule has 3 nitrogen and oxygen atoms in total. The van der Waals surface area contributed by atoms with Gasteiger partial charge >= 0.3 is 0 Å². The molecule has 0 bridgehead atoms. The van der Waals surface area contributed by atoms with E-state index in [0.717, 1.165) is 23.3 Å². The number of pyridine rings is 1. The van der Waals surface area contributed by atoms with Crippen LogP contribution in [0.25, 0.3) is 21.8 Å². The summed E-state index contributed by atoms with van der Waals surface area (Å²) in [5.41, 5.74) is 4.56. The first-order valence-corrected chi connectivity index (χ1v) is 7.03. The number of nitrogens with zero attached hydrogens (tertiary/aromatic N) is 1. The summed E-state index contributed by atoms with van der Waals surface area (Å²) >= 11 is 0. The largest absolute Gasteiger partial charge is 0.381 e. The topological polar surface area (TPSA) is 40.7 Å². The summed E-state index contributed by atoms with van der Waals surface area (Å²) in [5, 5.41) is 5.88. The molecule has 4 aromatic rings. The first-order chi connectivity index (χ1) is 10.4. The van der Waals surface area contributed by atoms with Crippen molar-refractivity contribution in [1.29, 1.82) is 0 Å². The van der Waals surface area contributed by atoms with Gasteiger partial charge in [-0.1, -0.05) is 18.2 Å². The fourth-order valence-electron chi connectivity index (χ4n) is 2.60. The fourth-order valence-corrected chi connectivity index (χ4v) is 2.60. The number of aromatic nitrogens is 2. The van der Waals surface area contributed by atoms with E-state index in [1.807, 2.05) is 18.5 Å². The third kappa shape index (κ3) is 2.34. The molecular formula is C18H15N3. The van der Waals surface area contributed by atoms with Crippen LogP contribution in [0.15, 0.2) is 67.0 Å². The third-order valence-corrected chi connectivity index (χ3v) is 3.72. The van der Waals surface area contributed by atoms with Crippen molar-refractivity contribution in [1.82, 2.24) is 9.97 Å². The molecule has 4 rings (SSSR count). The average Bonchev–Trinajstić information content (AvgIpc) is 3.00. The molecule has 2 N–H and O–H groups in total. The zero-order valence-electron chi connectivity index (χ0n) is 11.5. The zero-order chi connectivity index (χ0) is 14.1. The molecule has 21 heavy (non-hydrogen) atoms. The van der Waals surface area contributed by atoms with Gasteiger partial charge in [-0.25, -0.2) is 0 Å². The normalized spacial score (nSPS) is 11.0. The van der Waals surface area contributed by atoms with Gasteiger partial charge in [-0.3, -0.25) is 4.98 Å². The molecular weight excluding hydrogens is 258 g/mol. The van der Waals surface area contributed by atoms with Crippen molar-refractivity contribution in [2.45, 2.75) is 6.54 Å². The van der Waals surface area contributed by atoms with Crippen LogP contribution >= 0.6 is 0 Å². The van der Waals surface area contributed by atoms with Crippen molar-refractivity contribution >= 4 is 27.5 Å². The Morgan fingerprint density at radius 3 is 2.95 bits per heavy atom. The molecule has 0 amide bonds. The van der Waals surface area contributed by atoms with Crippen molar-refractivity contribution < 1.29 is 0 Å². The highest BCUT2D eigenvalue weighted by molar-refractivity contribution is 5.83. The summed E-state index contributed by atoms with van der Waals surface area (Å²) in [5.74, 6) is 0. The Bertz CT molecular complexity index is 908. The minimum atomic E-state index is 0.803. The van der Waals surface area contributed by atoms with Crippen molar-refractivity contribution in [3.63, 3.8) is 0 Å². The molecule has 2 aromatic carbocycles. The van der Waals surface area contributed by atoms with Crippen LogP contribution in [0, 0.1) is 0 Å². The lowest BCUT2D eigenvalue weighted by atomic mass is 10.1. The Balaban J connectivity index is 1.56. The van der Waals surface area contributed by atoms with Gasteiger partial charge in [-0.2, -0.15) is 0 Å². The second-order valence-corrected chi connectivity index (χ2v) is 5.16. The van der Waals surface area contributed by atoms with Gasteiger partial charge in [0.15, 0.2) is 0 Å². The van der Waals surface area contributed by atoms with Gasteiger partial charge in [-0.15, -0.1) is 0 Å². The van der Waals surface area contributed by atoms with Crippen LogP contribution in [-0.4, -0.2) is 9.97 Å². The molecule has 0 aliphatic carbocycles. The van der Waals surface area contributed by atoms with E-state index in [1.165, 1.54) is 16.3 Å². The first kappa shape index (κ1) is 12.0. The number of H-pyrrole nitrogens is 1. The summed E-state index contributed by atoms with van der Waals surface area (Å²) in [4.78, 5) is 7.58. The van der Waals surface area contributed by atoms with Crippen LogP contribution < -0.4 is 5.32 Å². The molecule has 0 aliphatic heterocycles. The predicted molar refractivity (Wildman–Crippen MR) is 87.4 cm³/mol. The Morgan fingerprint density at radius 2 is 1.95 bits per heavy atom. The number of benzene rings is 2. The Kier molecular flexibility index (Phi) is 2.82. The molecule has 3 heteroatoms. The number of anilines is 1. The lowest BCUT2D eigenvalue weighted by Gasteiger charge is -2.07. The van der Waals surface area contributed by atoms with E-state index in [2.05, 4.69) is 63.8 Å². The van der Waals surface area contributed by atoms with E-state index in [4.69, 9.17) is 0 Å². The van der Waals surface area contributed by atoms with Gasteiger partial charge in [0.2, 0.25) is 0 Å². The van der Waals surface area contributed by atoms with Gasteiger partial charge in [0.1, 0.15) is 0 Å². The van der Waals surface area contributed by atoms with Crippen molar-refractivity contribution in [2.75, 3.05) is 5.32 Å². The van der Waals surface area contributed by atoms with Crippen LogP contribution in [0.3, 0.4) is 0 Å². The Hall–Kier alpha value is -2.81. The van der Waals surface area contributed by atoms with Gasteiger partial charge in [0, 0.05) is 35.5 Å². The van der Waals surface area contributed by atoms with Crippen LogP contribution in [0.1, 0.15) is 5.56 Å². The molecule has 0 radical (unpaired) electrons. The van der Waals surface area contributed by atoms with E-state index < -0.39 is 0 Å². The van der Waals surface area contributed by atoms with Crippen LogP contribution in [0.5, 0.6) is 0 Å². The lowest BCUT2D eigenvalue weighted by molar-refractivity contribution is 1.15. The quantitative estimate of drug-likeness (QED) is 0.583. The van der Waals surface area contributed by atoms with Crippen LogP contribution in [0.2, 0.25) is 0 Å². The van der Waals surface area contributed by atoms with E-state index in [9.17, 15) is 0 Å². The number of hydrogen-bond donors (Lipinski definition) is 2. The summed E-state index contributed by atoms with van der Waals surface area (Å²) in [6.45, 7) is 0.803. The highest BCUT2D eigenvalue weighted by Crippen LogP contribution is 2.19. The minimum Gasteiger partial charge on any atom is -0.381 e. The second kappa shape index (κ2) is 4.94. The van der Waals surface area contributed by atoms with E-state index in [1.54, 1.807) is 0 Å². The number of hydrogen-bond acceptors (Lipinski definition) is 2. The standard InChI is InChI=1S/C18H15N3/c1-2-15-10-13(3-6-17(15)19-8-1)12-21-16-5-4-14-7-9-20-18(14)11-16/h1-11,20-21H,12H2. The molecule has 0 saturated carbocycles. The number of fused-ring (bicyclic) bond motifs is 2. The maximum absolute atomic E-state index is 4.34. The van der Waals surface area contributed by atoms with E-state index in [0.29, 0.717) is 0 Å². The third-order valence-electron chi connectivity index (χ3n) is 3.72. The highest BCUT2D eigenvalue weighted by Gasteiger charge is 1.99. The molecule has 2 aromatic heterocycles. The van der Waals surface area contributed by atoms with Crippen molar-refractivity contribution in [3.05, 3.63) is 72.6 Å². The second-order valence-electron chi connectivity index (χ2n) is 5.16. The molecule has 0 aliphatic rings. The van der Waals surface area contributed by atoms with Gasteiger partial charge in [0.25, 0.3) is 0 Å². The van der Waals surface area contributed by atoms with Crippen molar-refractivity contribution in [3.8, 4) is 0 Å². The highest BCUT2D eigenvalue weighted by atomic mass is 14.9. The van der Waals surface area contributed by atoms with Crippen molar-refractivity contribution in [2.24, 2.45) is 0 Å². The van der Waals surface area contributed by atoms with Gasteiger partial charge in [-0.05, 0) is 47.3 Å². The first-order valence-electron chi connectivity index (χ1n) is 7.03. The average molecular weight is 273 g/mol. The summed E-state index contributed by atoms with van der Waals surface area (Å²) in [7, 11) is 0. The SMILES string of the molecule is c1cnc2ccc(CNc3ccc4cc[nH]c4c3)cc2c1. The molecule has 0 unspecified atom stereocenters. The molecule has 102 valence electrons. The van der Waals surface area contributed by atoms with Gasteiger partial charge < -0.3 is 10.3 Å². The van der Waals surface area contributed by atoms with Gasteiger partial charge in [0.05, 0.1) is 5.52 Å². The molecule has 0 fully saturated rings. The minimum absolute atomic E-state index is 0.803. The molecule has 0 spiro atoms. The maximum Gasteiger partial charge on any atom is 0.0702 e. The lowest BCUT2D eigenvalue weighted by Crippen LogP contribution is -1.99. The Morgan fingerprint density at radius 1 is 0.952 bits per heavy atom.